The van der Waals surface area contributed by atoms with Crippen LogP contribution in [0.3, 0.4) is 0 Å². The Hall–Kier alpha value is -2.50. The van der Waals surface area contributed by atoms with Gasteiger partial charge in [0, 0.05) is 37.7 Å². The maximum absolute atomic E-state index is 12.7. The molecule has 1 unspecified atom stereocenters. The maximum atomic E-state index is 12.7. The number of hydrogen-bond acceptors (Lipinski definition) is 4. The molecule has 2 fully saturated rings. The van der Waals surface area contributed by atoms with E-state index in [0.29, 0.717) is 36.1 Å². The minimum atomic E-state index is -0.171. The quantitative estimate of drug-likeness (QED) is 0.902. The van der Waals surface area contributed by atoms with Crippen molar-refractivity contribution in [3.63, 3.8) is 0 Å². The summed E-state index contributed by atoms with van der Waals surface area (Å²) >= 11 is 0. The van der Waals surface area contributed by atoms with E-state index in [2.05, 4.69) is 15.0 Å². The topological polar surface area (TPSA) is 79.0 Å². The Labute approximate surface area is 159 Å². The van der Waals surface area contributed by atoms with Crippen molar-refractivity contribution in [2.24, 2.45) is 5.92 Å². The van der Waals surface area contributed by atoms with E-state index in [1.807, 2.05) is 23.1 Å². The van der Waals surface area contributed by atoms with Gasteiger partial charge in [0.1, 0.15) is 5.82 Å². The molecule has 27 heavy (non-hydrogen) atoms. The Morgan fingerprint density at radius 1 is 1.15 bits per heavy atom. The number of nitrogens with zero attached hydrogens (tertiary/aromatic N) is 3. The zero-order valence-corrected chi connectivity index (χ0v) is 15.6. The number of hydrogen-bond donors (Lipinski definition) is 1. The van der Waals surface area contributed by atoms with Gasteiger partial charge < -0.3 is 9.88 Å². The third-order valence-electron chi connectivity index (χ3n) is 5.79. The maximum Gasteiger partial charge on any atom is 0.251 e. The van der Waals surface area contributed by atoms with E-state index in [-0.39, 0.29) is 17.4 Å². The van der Waals surface area contributed by atoms with Gasteiger partial charge in [0.05, 0.1) is 11.4 Å². The molecule has 0 radical (unpaired) electrons. The lowest BCUT2D eigenvalue weighted by Crippen LogP contribution is -2.40. The molecule has 2 aromatic heterocycles. The molecule has 0 bridgehead atoms. The van der Waals surface area contributed by atoms with Crippen molar-refractivity contribution in [2.75, 3.05) is 13.1 Å². The average Bonchev–Trinajstić information content (AvgIpc) is 3.21. The number of carbonyl (C=O) groups excluding carboxylic acids is 1. The molecular weight excluding hydrogens is 340 g/mol. The largest absolute Gasteiger partial charge is 0.342 e. The Bertz CT molecular complexity index is 843. The number of aromatic amines is 1. The zero-order chi connectivity index (χ0) is 18.6. The number of carbonyl (C=O) groups is 1. The van der Waals surface area contributed by atoms with Crippen molar-refractivity contribution >= 4 is 5.91 Å². The zero-order valence-electron chi connectivity index (χ0n) is 15.6. The smallest absolute Gasteiger partial charge is 0.251 e. The summed E-state index contributed by atoms with van der Waals surface area (Å²) in [6, 6.07) is 7.06. The highest BCUT2D eigenvalue weighted by Crippen LogP contribution is 2.30. The summed E-state index contributed by atoms with van der Waals surface area (Å²) in [6.07, 6.45) is 9.12. The van der Waals surface area contributed by atoms with E-state index >= 15 is 0 Å². The highest BCUT2D eigenvalue weighted by molar-refractivity contribution is 5.76. The van der Waals surface area contributed by atoms with Crippen LogP contribution in [0.5, 0.6) is 0 Å². The highest BCUT2D eigenvalue weighted by Gasteiger charge is 2.28. The Morgan fingerprint density at radius 2 is 2.00 bits per heavy atom. The Balaban J connectivity index is 1.50. The van der Waals surface area contributed by atoms with E-state index in [1.54, 1.807) is 6.20 Å². The average molecular weight is 366 g/mol. The molecule has 3 heterocycles. The first-order valence-corrected chi connectivity index (χ1v) is 9.99. The van der Waals surface area contributed by atoms with Crippen LogP contribution in [-0.4, -0.2) is 38.8 Å². The predicted octanol–water partition coefficient (Wildman–Crippen LogP) is 3.12. The van der Waals surface area contributed by atoms with Crippen molar-refractivity contribution in [1.82, 2.24) is 19.9 Å². The first-order chi connectivity index (χ1) is 13.2. The van der Waals surface area contributed by atoms with E-state index < -0.39 is 0 Å². The molecule has 2 aromatic rings. The van der Waals surface area contributed by atoms with Crippen LogP contribution >= 0.6 is 0 Å². The normalized spacial score (nSPS) is 20.7. The van der Waals surface area contributed by atoms with Gasteiger partial charge in [0.2, 0.25) is 5.91 Å². The second kappa shape index (κ2) is 8.03. The molecule has 2 aliphatic rings. The number of likely N-dealkylation sites (tertiary alicyclic amines) is 1. The van der Waals surface area contributed by atoms with Crippen LogP contribution in [0.15, 0.2) is 35.3 Å². The van der Waals surface area contributed by atoms with Crippen molar-refractivity contribution < 1.29 is 4.79 Å². The monoisotopic (exact) mass is 366 g/mol. The highest BCUT2D eigenvalue weighted by atomic mass is 16.2. The van der Waals surface area contributed by atoms with Gasteiger partial charge in [-0.15, -0.1) is 0 Å². The van der Waals surface area contributed by atoms with Crippen LogP contribution in [0, 0.1) is 5.92 Å². The number of aromatic nitrogens is 3. The Morgan fingerprint density at radius 3 is 2.78 bits per heavy atom. The van der Waals surface area contributed by atoms with Gasteiger partial charge in [-0.25, -0.2) is 4.98 Å². The predicted molar refractivity (Wildman–Crippen MR) is 103 cm³/mol. The van der Waals surface area contributed by atoms with Crippen LogP contribution in [0.25, 0.3) is 11.4 Å². The molecule has 0 aromatic carbocycles. The third kappa shape index (κ3) is 4.26. The summed E-state index contributed by atoms with van der Waals surface area (Å²) in [7, 11) is 0. The molecule has 4 rings (SSSR count). The van der Waals surface area contributed by atoms with Crippen molar-refractivity contribution in [2.45, 2.75) is 50.9 Å². The van der Waals surface area contributed by atoms with Gasteiger partial charge in [0.25, 0.3) is 5.56 Å². The lowest BCUT2D eigenvalue weighted by atomic mass is 9.95. The van der Waals surface area contributed by atoms with Crippen LogP contribution in [0.4, 0.5) is 0 Å². The molecule has 1 amide bonds. The second-order valence-electron chi connectivity index (χ2n) is 7.76. The second-order valence-corrected chi connectivity index (χ2v) is 7.76. The number of piperidine rings is 1. The molecule has 6 heteroatoms. The summed E-state index contributed by atoms with van der Waals surface area (Å²) in [5.41, 5.74) is 1.11. The molecule has 1 saturated carbocycles. The molecule has 6 nitrogen and oxygen atoms in total. The standard InChI is InChI=1S/C21H26N4O2/c26-19-13-18(17-9-3-4-10-22-17)23-21(24-19)16-8-5-11-25(14-16)20(27)12-15-6-1-2-7-15/h3-4,9-10,13,15-16H,1-2,5-8,11-12,14H2,(H,23,24,26). The summed E-state index contributed by atoms with van der Waals surface area (Å²) < 4.78 is 0. The van der Waals surface area contributed by atoms with Crippen LogP contribution < -0.4 is 5.56 Å². The van der Waals surface area contributed by atoms with E-state index in [0.717, 1.165) is 19.4 Å². The molecule has 142 valence electrons. The van der Waals surface area contributed by atoms with E-state index in [9.17, 15) is 9.59 Å². The fourth-order valence-electron chi connectivity index (χ4n) is 4.33. The SMILES string of the molecule is O=C(CC1CCCC1)N1CCCC(c2nc(-c3ccccn3)cc(=O)[nH]2)C1. The number of H-pyrrole nitrogens is 1. The van der Waals surface area contributed by atoms with Crippen molar-refractivity contribution in [3.8, 4) is 11.4 Å². The molecule has 1 atom stereocenters. The van der Waals surface area contributed by atoms with Crippen LogP contribution in [0.1, 0.15) is 56.7 Å². The molecule has 1 N–H and O–H groups in total. The fraction of sp³-hybridized carbons (Fsp3) is 0.524. The van der Waals surface area contributed by atoms with Crippen molar-refractivity contribution in [1.29, 1.82) is 0 Å². The van der Waals surface area contributed by atoms with Gasteiger partial charge in [-0.1, -0.05) is 18.9 Å². The number of amides is 1. The lowest BCUT2D eigenvalue weighted by Gasteiger charge is -2.33. The van der Waals surface area contributed by atoms with Gasteiger partial charge in [-0.3, -0.25) is 14.6 Å². The first-order valence-electron chi connectivity index (χ1n) is 9.99. The summed E-state index contributed by atoms with van der Waals surface area (Å²) in [5.74, 6) is 1.56. The fourth-order valence-corrected chi connectivity index (χ4v) is 4.33. The molecular formula is C21H26N4O2. The molecule has 1 aliphatic heterocycles. The van der Waals surface area contributed by atoms with Crippen molar-refractivity contribution in [3.05, 3.63) is 46.6 Å². The first kappa shape index (κ1) is 17.9. The molecule has 0 spiro atoms. The summed E-state index contributed by atoms with van der Waals surface area (Å²) in [6.45, 7) is 1.45. The van der Waals surface area contributed by atoms with Gasteiger partial charge in [-0.05, 0) is 43.7 Å². The number of rotatable bonds is 4. The minimum Gasteiger partial charge on any atom is -0.342 e. The number of nitrogens with one attached hydrogen (secondary N) is 1. The van der Waals surface area contributed by atoms with E-state index in [1.165, 1.54) is 31.7 Å². The minimum absolute atomic E-state index is 0.0719. The van der Waals surface area contributed by atoms with Crippen LogP contribution in [0.2, 0.25) is 0 Å². The summed E-state index contributed by atoms with van der Waals surface area (Å²) in [4.78, 5) is 38.7. The van der Waals surface area contributed by atoms with Gasteiger partial charge >= 0.3 is 0 Å². The number of pyridine rings is 1. The molecule has 1 aliphatic carbocycles. The third-order valence-corrected chi connectivity index (χ3v) is 5.79. The molecule has 1 saturated heterocycles. The van der Waals surface area contributed by atoms with Gasteiger partial charge in [-0.2, -0.15) is 0 Å². The van der Waals surface area contributed by atoms with Crippen LogP contribution in [-0.2, 0) is 4.79 Å². The lowest BCUT2D eigenvalue weighted by molar-refractivity contribution is -0.133. The summed E-state index contributed by atoms with van der Waals surface area (Å²) in [5, 5.41) is 0. The van der Waals surface area contributed by atoms with E-state index in [4.69, 9.17) is 0 Å². The van der Waals surface area contributed by atoms with Gasteiger partial charge in [0.15, 0.2) is 0 Å². The Kier molecular flexibility index (Phi) is 5.32.